The molecule has 32 heavy (non-hydrogen) atoms. The van der Waals surface area contributed by atoms with E-state index in [2.05, 4.69) is 10.2 Å². The molecule has 6 nitrogen and oxygen atoms in total. The average molecular weight is 465 g/mol. The first-order valence-electron chi connectivity index (χ1n) is 10.8. The van der Waals surface area contributed by atoms with Crippen molar-refractivity contribution < 1.29 is 4.79 Å². The molecule has 0 spiro atoms. The monoisotopic (exact) mass is 464 g/mol. The number of rotatable bonds is 6. The molecule has 0 radical (unpaired) electrons. The molecule has 0 saturated carbocycles. The molecule has 0 atom stereocenters. The lowest BCUT2D eigenvalue weighted by Gasteiger charge is -2.27. The first kappa shape index (κ1) is 21.1. The number of hydrogen-bond donors (Lipinski definition) is 1. The molecule has 1 saturated heterocycles. The fourth-order valence-electron chi connectivity index (χ4n) is 4.15. The zero-order valence-corrected chi connectivity index (χ0v) is 19.3. The van der Waals surface area contributed by atoms with Crippen molar-refractivity contribution in [2.24, 2.45) is 0 Å². The van der Waals surface area contributed by atoms with E-state index in [0.29, 0.717) is 23.4 Å². The number of piperidine rings is 1. The molecule has 1 fully saturated rings. The highest BCUT2D eigenvalue weighted by atomic mass is 32.1. The van der Waals surface area contributed by atoms with E-state index in [9.17, 15) is 9.59 Å². The first-order chi connectivity index (χ1) is 15.7. The second-order valence-corrected chi connectivity index (χ2v) is 9.78. The molecule has 1 aliphatic rings. The summed E-state index contributed by atoms with van der Waals surface area (Å²) in [6, 6.07) is 13.3. The summed E-state index contributed by atoms with van der Waals surface area (Å²) in [5.74, 6) is 0.430. The third kappa shape index (κ3) is 4.39. The van der Waals surface area contributed by atoms with Crippen LogP contribution in [0.3, 0.4) is 0 Å². The number of likely N-dealkylation sites (tertiary alicyclic amines) is 1. The normalized spacial score (nSPS) is 14.6. The molecule has 1 aromatic carbocycles. The number of thiophene rings is 2. The SMILES string of the molecule is O=C(Cn1c(CN2CCCCC2)nc2scc(-c3cccs3)c2c1=O)Nc1ccccc1. The predicted molar refractivity (Wildman–Crippen MR) is 131 cm³/mol. The van der Waals surface area contributed by atoms with Gasteiger partial charge in [0.15, 0.2) is 0 Å². The molecular formula is C24H24N4O2S2. The molecule has 0 unspecified atom stereocenters. The van der Waals surface area contributed by atoms with Crippen LogP contribution in [0.15, 0.2) is 58.0 Å². The summed E-state index contributed by atoms with van der Waals surface area (Å²) >= 11 is 3.10. The largest absolute Gasteiger partial charge is 0.325 e. The van der Waals surface area contributed by atoms with Crippen LogP contribution in [0.2, 0.25) is 0 Å². The minimum atomic E-state index is -0.229. The number of anilines is 1. The Hall–Kier alpha value is -2.81. The van der Waals surface area contributed by atoms with Gasteiger partial charge in [-0.25, -0.2) is 4.98 Å². The summed E-state index contributed by atoms with van der Waals surface area (Å²) in [5, 5.41) is 7.51. The van der Waals surface area contributed by atoms with Gasteiger partial charge < -0.3 is 5.32 Å². The average Bonchev–Trinajstić information content (AvgIpc) is 3.48. The Morgan fingerprint density at radius 3 is 2.59 bits per heavy atom. The van der Waals surface area contributed by atoms with Crippen LogP contribution in [0.5, 0.6) is 0 Å². The van der Waals surface area contributed by atoms with Crippen molar-refractivity contribution in [2.45, 2.75) is 32.4 Å². The minimum absolute atomic E-state index is 0.0560. The van der Waals surface area contributed by atoms with Gasteiger partial charge in [0.2, 0.25) is 5.91 Å². The van der Waals surface area contributed by atoms with Crippen LogP contribution < -0.4 is 10.9 Å². The van der Waals surface area contributed by atoms with Gasteiger partial charge in [-0.1, -0.05) is 30.7 Å². The quantitative estimate of drug-likeness (QED) is 0.445. The summed E-state index contributed by atoms with van der Waals surface area (Å²) < 4.78 is 1.57. The van der Waals surface area contributed by atoms with Gasteiger partial charge in [0, 0.05) is 21.5 Å². The zero-order chi connectivity index (χ0) is 21.9. The van der Waals surface area contributed by atoms with Gasteiger partial charge in [-0.2, -0.15) is 0 Å². The summed E-state index contributed by atoms with van der Waals surface area (Å²) in [5.41, 5.74) is 1.47. The van der Waals surface area contributed by atoms with E-state index >= 15 is 0 Å². The number of para-hydroxylation sites is 1. The van der Waals surface area contributed by atoms with E-state index in [4.69, 9.17) is 4.98 Å². The number of amides is 1. The molecule has 0 bridgehead atoms. The Labute approximate surface area is 194 Å². The van der Waals surface area contributed by atoms with Crippen LogP contribution in [0.4, 0.5) is 5.69 Å². The number of fused-ring (bicyclic) bond motifs is 1. The van der Waals surface area contributed by atoms with Crippen LogP contribution in [0.25, 0.3) is 20.7 Å². The van der Waals surface area contributed by atoms with Crippen LogP contribution in [-0.4, -0.2) is 33.4 Å². The van der Waals surface area contributed by atoms with Crippen LogP contribution in [-0.2, 0) is 17.9 Å². The maximum absolute atomic E-state index is 13.7. The molecule has 1 aliphatic heterocycles. The molecule has 1 N–H and O–H groups in total. The number of nitrogens with zero attached hydrogens (tertiary/aromatic N) is 3. The maximum atomic E-state index is 13.7. The van der Waals surface area contributed by atoms with Gasteiger partial charge in [0.25, 0.3) is 5.56 Å². The van der Waals surface area contributed by atoms with Gasteiger partial charge in [0.05, 0.1) is 11.9 Å². The zero-order valence-electron chi connectivity index (χ0n) is 17.6. The highest BCUT2D eigenvalue weighted by molar-refractivity contribution is 7.18. The number of nitrogens with one attached hydrogen (secondary N) is 1. The summed E-state index contributed by atoms with van der Waals surface area (Å²) in [6.07, 6.45) is 3.55. The minimum Gasteiger partial charge on any atom is -0.325 e. The van der Waals surface area contributed by atoms with Crippen molar-refractivity contribution in [3.8, 4) is 10.4 Å². The van der Waals surface area contributed by atoms with Crippen molar-refractivity contribution in [1.82, 2.24) is 14.5 Å². The Balaban J connectivity index is 1.54. The number of aromatic nitrogens is 2. The number of benzene rings is 1. The van der Waals surface area contributed by atoms with E-state index in [1.165, 1.54) is 17.8 Å². The molecule has 4 heterocycles. The second-order valence-electron chi connectivity index (χ2n) is 7.98. The van der Waals surface area contributed by atoms with Crippen molar-refractivity contribution in [1.29, 1.82) is 0 Å². The number of carbonyl (C=O) groups is 1. The first-order valence-corrected chi connectivity index (χ1v) is 12.6. The Morgan fingerprint density at radius 1 is 1.03 bits per heavy atom. The van der Waals surface area contributed by atoms with Crippen LogP contribution in [0.1, 0.15) is 25.1 Å². The van der Waals surface area contributed by atoms with Crippen LogP contribution >= 0.6 is 22.7 Å². The fraction of sp³-hybridized carbons (Fsp3) is 0.292. The second kappa shape index (κ2) is 9.36. The third-order valence-electron chi connectivity index (χ3n) is 5.73. The van der Waals surface area contributed by atoms with E-state index in [1.54, 1.807) is 15.9 Å². The molecule has 5 rings (SSSR count). The maximum Gasteiger partial charge on any atom is 0.263 e. The highest BCUT2D eigenvalue weighted by Gasteiger charge is 2.21. The lowest BCUT2D eigenvalue weighted by Crippen LogP contribution is -2.36. The van der Waals surface area contributed by atoms with Crippen molar-refractivity contribution in [2.75, 3.05) is 18.4 Å². The highest BCUT2D eigenvalue weighted by Crippen LogP contribution is 2.34. The molecule has 1 amide bonds. The third-order valence-corrected chi connectivity index (χ3v) is 7.51. The van der Waals surface area contributed by atoms with Gasteiger partial charge in [0.1, 0.15) is 17.2 Å². The van der Waals surface area contributed by atoms with E-state index < -0.39 is 0 Å². The van der Waals surface area contributed by atoms with Crippen molar-refractivity contribution in [3.05, 3.63) is 69.4 Å². The van der Waals surface area contributed by atoms with E-state index in [-0.39, 0.29) is 18.0 Å². The smallest absolute Gasteiger partial charge is 0.263 e. The summed E-state index contributed by atoms with van der Waals surface area (Å²) in [7, 11) is 0. The lowest BCUT2D eigenvalue weighted by molar-refractivity contribution is -0.116. The molecule has 164 valence electrons. The molecule has 3 aromatic heterocycles. The van der Waals surface area contributed by atoms with E-state index in [0.717, 1.165) is 41.2 Å². The number of carbonyl (C=O) groups excluding carboxylic acids is 1. The Morgan fingerprint density at radius 2 is 1.84 bits per heavy atom. The molecule has 0 aliphatic carbocycles. The van der Waals surface area contributed by atoms with Gasteiger partial charge in [-0.05, 0) is 49.5 Å². The topological polar surface area (TPSA) is 67.2 Å². The van der Waals surface area contributed by atoms with Crippen molar-refractivity contribution >= 4 is 44.5 Å². The predicted octanol–water partition coefficient (Wildman–Crippen LogP) is 4.81. The van der Waals surface area contributed by atoms with E-state index in [1.807, 2.05) is 53.2 Å². The number of hydrogen-bond acceptors (Lipinski definition) is 6. The Kier molecular flexibility index (Phi) is 6.16. The molecule has 8 heteroatoms. The molecule has 4 aromatic rings. The van der Waals surface area contributed by atoms with Gasteiger partial charge in [-0.3, -0.25) is 19.1 Å². The lowest BCUT2D eigenvalue weighted by atomic mass is 10.1. The van der Waals surface area contributed by atoms with Crippen LogP contribution in [0, 0.1) is 0 Å². The van der Waals surface area contributed by atoms with Gasteiger partial charge >= 0.3 is 0 Å². The Bertz CT molecular complexity index is 1270. The van der Waals surface area contributed by atoms with Gasteiger partial charge in [-0.15, -0.1) is 22.7 Å². The molecular weight excluding hydrogens is 440 g/mol. The standard InChI is InChI=1S/C24H24N4O2S2/c29-21(25-17-8-3-1-4-9-17)15-28-20(14-27-11-5-2-6-12-27)26-23-22(24(28)30)18(16-32-23)19-10-7-13-31-19/h1,3-4,7-10,13,16H,2,5-6,11-12,14-15H2,(H,25,29). The van der Waals surface area contributed by atoms with Crippen molar-refractivity contribution in [3.63, 3.8) is 0 Å². The summed E-state index contributed by atoms with van der Waals surface area (Å²) in [6.45, 7) is 2.51. The summed E-state index contributed by atoms with van der Waals surface area (Å²) in [4.78, 5) is 35.5. The fourth-order valence-corrected chi connectivity index (χ4v) is 5.92.